The van der Waals surface area contributed by atoms with E-state index in [0.29, 0.717) is 24.3 Å². The summed E-state index contributed by atoms with van der Waals surface area (Å²) in [7, 11) is -3.84. The van der Waals surface area contributed by atoms with Gasteiger partial charge in [0.05, 0.1) is 28.6 Å². The lowest BCUT2D eigenvalue weighted by Crippen LogP contribution is -2.32. The predicted molar refractivity (Wildman–Crippen MR) is 94.8 cm³/mol. The molecule has 0 bridgehead atoms. The topological polar surface area (TPSA) is 121 Å². The number of benzene rings is 2. The first-order chi connectivity index (χ1) is 12.4. The van der Waals surface area contributed by atoms with Crippen molar-refractivity contribution in [3.8, 4) is 5.75 Å². The Labute approximate surface area is 147 Å². The number of hydrogen-bond acceptors (Lipinski definition) is 5. The first kappa shape index (κ1) is 16.6. The number of para-hydroxylation sites is 1. The molecule has 1 aliphatic heterocycles. The van der Waals surface area contributed by atoms with Crippen LogP contribution in [-0.2, 0) is 10.0 Å². The number of ether oxygens (including phenoxy) is 1. The highest BCUT2D eigenvalue weighted by atomic mass is 32.2. The molecule has 4 rings (SSSR count). The fourth-order valence-corrected chi connectivity index (χ4v) is 4.26. The first-order valence-corrected chi connectivity index (χ1v) is 9.43. The van der Waals surface area contributed by atoms with Crippen molar-refractivity contribution in [1.82, 2.24) is 14.7 Å². The van der Waals surface area contributed by atoms with Crippen molar-refractivity contribution in [3.05, 3.63) is 68.7 Å². The van der Waals surface area contributed by atoms with Crippen molar-refractivity contribution in [1.29, 1.82) is 0 Å². The highest BCUT2D eigenvalue weighted by molar-refractivity contribution is 7.89. The minimum absolute atomic E-state index is 0.00308. The van der Waals surface area contributed by atoms with Gasteiger partial charge in [-0.25, -0.2) is 13.1 Å². The maximum absolute atomic E-state index is 12.8. The molecular formula is C17H15N3O5S. The van der Waals surface area contributed by atoms with Gasteiger partial charge in [-0.2, -0.15) is 0 Å². The number of hydrogen-bond donors (Lipinski definition) is 3. The summed E-state index contributed by atoms with van der Waals surface area (Å²) < 4.78 is 33.8. The molecule has 0 radical (unpaired) electrons. The Morgan fingerprint density at radius 2 is 1.73 bits per heavy atom. The molecule has 2 heterocycles. The van der Waals surface area contributed by atoms with E-state index in [2.05, 4.69) is 14.7 Å². The van der Waals surface area contributed by atoms with Gasteiger partial charge in [-0.3, -0.25) is 9.59 Å². The smallest absolute Gasteiger partial charge is 0.314 e. The van der Waals surface area contributed by atoms with Gasteiger partial charge in [0.1, 0.15) is 5.75 Å². The van der Waals surface area contributed by atoms with E-state index in [0.717, 1.165) is 5.56 Å². The zero-order chi connectivity index (χ0) is 18.3. The van der Waals surface area contributed by atoms with E-state index in [1.807, 2.05) is 18.2 Å². The van der Waals surface area contributed by atoms with Crippen molar-refractivity contribution in [2.45, 2.75) is 17.4 Å². The lowest BCUT2D eigenvalue weighted by atomic mass is 10.0. The number of nitrogens with one attached hydrogen (secondary N) is 3. The molecule has 134 valence electrons. The Bertz CT molecular complexity index is 1210. The molecule has 3 aromatic rings. The SMILES string of the molecule is O=c1[nH]c2ccc(S(=O)(=O)NC3CCOc4ccccc43)cc2[nH]c1=O. The molecule has 0 saturated carbocycles. The van der Waals surface area contributed by atoms with Crippen LogP contribution in [-0.4, -0.2) is 25.0 Å². The number of aromatic nitrogens is 2. The summed E-state index contributed by atoms with van der Waals surface area (Å²) in [5, 5.41) is 0. The Balaban J connectivity index is 1.71. The van der Waals surface area contributed by atoms with Gasteiger partial charge in [0, 0.05) is 12.0 Å². The molecule has 0 spiro atoms. The van der Waals surface area contributed by atoms with Crippen LogP contribution in [0, 0.1) is 0 Å². The highest BCUT2D eigenvalue weighted by Gasteiger charge is 2.26. The fraction of sp³-hybridized carbons (Fsp3) is 0.176. The van der Waals surface area contributed by atoms with Crippen LogP contribution in [0.4, 0.5) is 0 Å². The maximum Gasteiger partial charge on any atom is 0.314 e. The van der Waals surface area contributed by atoms with Crippen LogP contribution in [0.3, 0.4) is 0 Å². The van der Waals surface area contributed by atoms with Gasteiger partial charge in [-0.1, -0.05) is 18.2 Å². The summed E-state index contributed by atoms with van der Waals surface area (Å²) in [4.78, 5) is 27.6. The highest BCUT2D eigenvalue weighted by Crippen LogP contribution is 2.32. The van der Waals surface area contributed by atoms with Gasteiger partial charge in [0.15, 0.2) is 0 Å². The molecule has 3 N–H and O–H groups in total. The number of sulfonamides is 1. The number of rotatable bonds is 3. The van der Waals surface area contributed by atoms with Crippen LogP contribution in [0.1, 0.15) is 18.0 Å². The van der Waals surface area contributed by atoms with Crippen LogP contribution in [0.2, 0.25) is 0 Å². The second-order valence-corrected chi connectivity index (χ2v) is 7.68. The molecule has 0 amide bonds. The third kappa shape index (κ3) is 2.91. The van der Waals surface area contributed by atoms with Crippen LogP contribution < -0.4 is 20.6 Å². The van der Waals surface area contributed by atoms with E-state index in [1.54, 1.807) is 6.07 Å². The zero-order valence-corrected chi connectivity index (χ0v) is 14.3. The average molecular weight is 373 g/mol. The second-order valence-electron chi connectivity index (χ2n) is 5.96. The second kappa shape index (κ2) is 6.11. The molecule has 1 atom stereocenters. The maximum atomic E-state index is 12.8. The third-order valence-corrected chi connectivity index (χ3v) is 5.73. The van der Waals surface area contributed by atoms with Gasteiger partial charge >= 0.3 is 11.1 Å². The predicted octanol–water partition coefficient (Wildman–Crippen LogP) is 1.02. The quantitative estimate of drug-likeness (QED) is 0.592. The standard InChI is InChI=1S/C17H15N3O5S/c21-16-17(22)19-14-9-10(5-6-13(14)18-16)26(23,24)20-12-7-8-25-15-4-2-1-3-11(12)15/h1-6,9,12,20H,7-8H2,(H,18,21)(H,19,22). The number of aromatic amines is 2. The molecule has 9 heteroatoms. The van der Waals surface area contributed by atoms with Crippen LogP contribution in [0.15, 0.2) is 56.9 Å². The van der Waals surface area contributed by atoms with Crippen LogP contribution >= 0.6 is 0 Å². The minimum atomic E-state index is -3.84. The molecule has 2 aromatic carbocycles. The van der Waals surface area contributed by atoms with E-state index >= 15 is 0 Å². The van der Waals surface area contributed by atoms with Gasteiger partial charge in [0.25, 0.3) is 0 Å². The summed E-state index contributed by atoms with van der Waals surface area (Å²) in [6, 6.07) is 11.0. The van der Waals surface area contributed by atoms with Gasteiger partial charge in [-0.15, -0.1) is 0 Å². The van der Waals surface area contributed by atoms with Crippen molar-refractivity contribution < 1.29 is 13.2 Å². The number of fused-ring (bicyclic) bond motifs is 2. The van der Waals surface area contributed by atoms with Crippen LogP contribution in [0.25, 0.3) is 11.0 Å². The Hall–Kier alpha value is -2.91. The Morgan fingerprint density at radius 3 is 2.54 bits per heavy atom. The summed E-state index contributed by atoms with van der Waals surface area (Å²) in [6.07, 6.45) is 0.508. The van der Waals surface area contributed by atoms with Gasteiger partial charge in [0.2, 0.25) is 10.0 Å². The first-order valence-electron chi connectivity index (χ1n) is 7.94. The summed E-state index contributed by atoms with van der Waals surface area (Å²) in [6.45, 7) is 0.413. The van der Waals surface area contributed by atoms with Gasteiger partial charge < -0.3 is 14.7 Å². The molecule has 0 aliphatic carbocycles. The lowest BCUT2D eigenvalue weighted by Gasteiger charge is -2.26. The van der Waals surface area contributed by atoms with Crippen LogP contribution in [0.5, 0.6) is 5.75 Å². The normalized spacial score (nSPS) is 16.8. The molecule has 26 heavy (non-hydrogen) atoms. The van der Waals surface area contributed by atoms with E-state index in [1.165, 1.54) is 18.2 Å². The molecule has 8 nitrogen and oxygen atoms in total. The molecule has 1 aliphatic rings. The molecule has 0 saturated heterocycles. The van der Waals surface area contributed by atoms with E-state index in [9.17, 15) is 18.0 Å². The largest absolute Gasteiger partial charge is 0.493 e. The monoisotopic (exact) mass is 373 g/mol. The zero-order valence-electron chi connectivity index (χ0n) is 13.5. The van der Waals surface area contributed by atoms with E-state index < -0.39 is 27.2 Å². The van der Waals surface area contributed by atoms with Crippen molar-refractivity contribution in [2.24, 2.45) is 0 Å². The van der Waals surface area contributed by atoms with Crippen molar-refractivity contribution in [2.75, 3.05) is 6.61 Å². The van der Waals surface area contributed by atoms with E-state index in [4.69, 9.17) is 4.74 Å². The van der Waals surface area contributed by atoms with Crippen molar-refractivity contribution in [3.63, 3.8) is 0 Å². The third-order valence-electron chi connectivity index (χ3n) is 4.26. The van der Waals surface area contributed by atoms with E-state index in [-0.39, 0.29) is 10.4 Å². The fourth-order valence-electron chi connectivity index (χ4n) is 2.98. The molecule has 1 aromatic heterocycles. The number of H-pyrrole nitrogens is 2. The summed E-state index contributed by atoms with van der Waals surface area (Å²) >= 11 is 0. The average Bonchev–Trinajstić information content (AvgIpc) is 2.62. The minimum Gasteiger partial charge on any atom is -0.493 e. The summed E-state index contributed by atoms with van der Waals surface area (Å²) in [5.74, 6) is 0.659. The molecule has 0 fully saturated rings. The Morgan fingerprint density at radius 1 is 1.00 bits per heavy atom. The van der Waals surface area contributed by atoms with Gasteiger partial charge in [-0.05, 0) is 24.3 Å². The molecule has 1 unspecified atom stereocenters. The Kier molecular flexibility index (Phi) is 3.89. The molecular weight excluding hydrogens is 358 g/mol. The lowest BCUT2D eigenvalue weighted by molar-refractivity contribution is 0.263. The van der Waals surface area contributed by atoms with Crippen molar-refractivity contribution >= 4 is 21.1 Å². The summed E-state index contributed by atoms with van der Waals surface area (Å²) in [5.41, 5.74) is -0.251.